The van der Waals surface area contributed by atoms with Gasteiger partial charge in [0.25, 0.3) is 0 Å². The van der Waals surface area contributed by atoms with Gasteiger partial charge < -0.3 is 18.9 Å². The first-order valence-electron chi connectivity index (χ1n) is 19.2. The van der Waals surface area contributed by atoms with Gasteiger partial charge in [0.05, 0.1) is 31.9 Å². The van der Waals surface area contributed by atoms with E-state index in [0.717, 1.165) is 74.4 Å². The Labute approximate surface area is 352 Å². The highest BCUT2D eigenvalue weighted by atomic mass is 32.1. The zero-order chi connectivity index (χ0) is 39.1. The molecule has 0 radical (unpaired) electrons. The number of rotatable bonds is 8. The van der Waals surface area contributed by atoms with Gasteiger partial charge in [-0.1, -0.05) is 97.1 Å². The molecule has 4 aliphatic rings. The molecule has 0 saturated carbocycles. The number of ether oxygens (including phenoxy) is 4. The third kappa shape index (κ3) is 6.53. The topological polar surface area (TPSA) is 86.4 Å². The van der Waals surface area contributed by atoms with Crippen molar-refractivity contribution in [2.75, 3.05) is 26.4 Å². The van der Waals surface area contributed by atoms with Crippen molar-refractivity contribution in [2.45, 2.75) is 0 Å². The molecule has 11 rings (SSSR count). The number of hydrogen-bond acceptors (Lipinski definition) is 11. The van der Waals surface area contributed by atoms with E-state index in [1.165, 1.54) is 22.3 Å². The van der Waals surface area contributed by atoms with Crippen LogP contribution in [0.25, 0.3) is 46.6 Å². The molecule has 2 aliphatic heterocycles. The molecule has 59 heavy (non-hydrogen) atoms. The van der Waals surface area contributed by atoms with E-state index in [9.17, 15) is 0 Å². The van der Waals surface area contributed by atoms with Gasteiger partial charge in [-0.25, -0.2) is 0 Å². The molecule has 0 saturated heterocycles. The molecule has 3 aromatic heterocycles. The molecular weight excluding hydrogens is 793 g/mol. The Bertz CT molecular complexity index is 2690. The zero-order valence-electron chi connectivity index (χ0n) is 31.3. The number of benzene rings is 4. The van der Waals surface area contributed by atoms with Gasteiger partial charge >= 0.3 is 0 Å². The predicted molar refractivity (Wildman–Crippen MR) is 243 cm³/mol. The van der Waals surface area contributed by atoms with E-state index >= 15 is 0 Å². The summed E-state index contributed by atoms with van der Waals surface area (Å²) in [5.41, 5.74) is 10.8. The Balaban J connectivity index is 0.817. The number of fused-ring (bicyclic) bond motifs is 8. The van der Waals surface area contributed by atoms with E-state index in [1.807, 2.05) is 24.3 Å². The fourth-order valence-electron chi connectivity index (χ4n) is 7.73. The van der Waals surface area contributed by atoms with Crippen LogP contribution in [0.2, 0.25) is 0 Å². The van der Waals surface area contributed by atoms with Crippen molar-refractivity contribution in [3.05, 3.63) is 161 Å². The number of nitrogens with zero attached hydrogens (tertiary/aromatic N) is 4. The molecule has 8 nitrogen and oxygen atoms in total. The van der Waals surface area contributed by atoms with E-state index in [4.69, 9.17) is 29.2 Å². The van der Waals surface area contributed by atoms with Crippen LogP contribution in [-0.4, -0.2) is 50.3 Å². The van der Waals surface area contributed by atoms with Crippen molar-refractivity contribution in [1.82, 2.24) is 0 Å². The quantitative estimate of drug-likeness (QED) is 0.113. The summed E-state index contributed by atoms with van der Waals surface area (Å²) in [6, 6.07) is 37.5. The maximum Gasteiger partial charge on any atom is 0.181 e. The SMILES string of the molecule is C(=Cc1sc(C=NN=C2c3ccccc3-c3ccccc32)c2c1OCCO2)c1ccc(C=Cc2sc(C=NN=C3c4ccccc4-c4ccccc43)c3c2OCCO3)s1. The monoisotopic (exact) mass is 824 g/mol. The Morgan fingerprint density at radius 3 is 1.03 bits per heavy atom. The molecule has 286 valence electrons. The Morgan fingerprint density at radius 1 is 0.356 bits per heavy atom. The van der Waals surface area contributed by atoms with Gasteiger partial charge in [0.1, 0.15) is 37.9 Å². The fourth-order valence-corrected chi connectivity index (χ4v) is 10.5. The molecule has 0 unspecified atom stereocenters. The van der Waals surface area contributed by atoms with Gasteiger partial charge in [-0.15, -0.1) is 44.2 Å². The van der Waals surface area contributed by atoms with Crippen molar-refractivity contribution in [3.63, 3.8) is 0 Å². The lowest BCUT2D eigenvalue weighted by Gasteiger charge is -2.16. The van der Waals surface area contributed by atoms with E-state index in [1.54, 1.807) is 46.4 Å². The van der Waals surface area contributed by atoms with Crippen LogP contribution in [0.4, 0.5) is 0 Å². The third-order valence-electron chi connectivity index (χ3n) is 10.3. The van der Waals surface area contributed by atoms with Crippen LogP contribution in [0.5, 0.6) is 23.0 Å². The van der Waals surface area contributed by atoms with Crippen LogP contribution in [-0.2, 0) is 0 Å². The first kappa shape index (κ1) is 35.5. The summed E-state index contributed by atoms with van der Waals surface area (Å²) in [6.07, 6.45) is 11.9. The lowest BCUT2D eigenvalue weighted by atomic mass is 10.1. The smallest absolute Gasteiger partial charge is 0.181 e. The highest BCUT2D eigenvalue weighted by molar-refractivity contribution is 7.16. The minimum absolute atomic E-state index is 0.488. The van der Waals surface area contributed by atoms with Crippen LogP contribution in [0.1, 0.15) is 51.5 Å². The van der Waals surface area contributed by atoms with Crippen LogP contribution in [0.3, 0.4) is 0 Å². The lowest BCUT2D eigenvalue weighted by molar-refractivity contribution is 0.173. The summed E-state index contributed by atoms with van der Waals surface area (Å²) < 4.78 is 24.4. The Morgan fingerprint density at radius 2 is 0.678 bits per heavy atom. The van der Waals surface area contributed by atoms with Crippen LogP contribution >= 0.6 is 34.0 Å². The molecule has 2 aliphatic carbocycles. The van der Waals surface area contributed by atoms with Gasteiger partial charge in [-0.2, -0.15) is 10.2 Å². The highest BCUT2D eigenvalue weighted by Gasteiger charge is 2.27. The van der Waals surface area contributed by atoms with Gasteiger partial charge in [0.2, 0.25) is 0 Å². The van der Waals surface area contributed by atoms with Crippen molar-refractivity contribution in [1.29, 1.82) is 0 Å². The molecule has 0 atom stereocenters. The second-order valence-corrected chi connectivity index (χ2v) is 17.2. The second-order valence-electron chi connectivity index (χ2n) is 13.8. The summed E-state index contributed by atoms with van der Waals surface area (Å²) in [5, 5.41) is 18.5. The van der Waals surface area contributed by atoms with Gasteiger partial charge in [-0.3, -0.25) is 0 Å². The van der Waals surface area contributed by atoms with E-state index < -0.39 is 0 Å². The van der Waals surface area contributed by atoms with Gasteiger partial charge in [0, 0.05) is 32.0 Å². The summed E-state index contributed by atoms with van der Waals surface area (Å²) in [6.45, 7) is 1.97. The molecule has 0 amide bonds. The van der Waals surface area contributed by atoms with Crippen molar-refractivity contribution >= 4 is 82.2 Å². The summed E-state index contributed by atoms with van der Waals surface area (Å²) in [4.78, 5) is 5.90. The standard InChI is InChI=1S/C48H32N4O4S3/c1-5-13-35-31(9-1)32-10-2-6-14-36(32)43(35)51-49-27-41-47-45(53-23-25-55-47)39(58-41)21-19-29-17-18-30(57-29)20-22-40-46-48(56-26-24-54-46)42(59-40)28-50-52-44-37-15-7-3-11-33(37)34-12-4-8-16-38(34)44/h1-22,27-28H,23-26H2. The largest absolute Gasteiger partial charge is 0.485 e. The summed E-state index contributed by atoms with van der Waals surface area (Å²) in [5.74, 6) is 2.91. The maximum absolute atomic E-state index is 6.11. The molecule has 0 bridgehead atoms. The van der Waals surface area contributed by atoms with Crippen LogP contribution < -0.4 is 18.9 Å². The minimum Gasteiger partial charge on any atom is -0.485 e. The predicted octanol–water partition coefficient (Wildman–Crippen LogP) is 11.5. The minimum atomic E-state index is 0.488. The van der Waals surface area contributed by atoms with Gasteiger partial charge in [0.15, 0.2) is 23.0 Å². The molecule has 5 heterocycles. The first-order valence-corrected chi connectivity index (χ1v) is 21.6. The molecule has 0 N–H and O–H groups in total. The molecule has 0 spiro atoms. The van der Waals surface area contributed by atoms with E-state index in [0.29, 0.717) is 37.9 Å². The molecule has 4 aromatic carbocycles. The van der Waals surface area contributed by atoms with E-state index in [2.05, 4.69) is 119 Å². The van der Waals surface area contributed by atoms with Gasteiger partial charge in [-0.05, 0) is 58.7 Å². The summed E-state index contributed by atoms with van der Waals surface area (Å²) >= 11 is 4.85. The van der Waals surface area contributed by atoms with Crippen molar-refractivity contribution < 1.29 is 18.9 Å². The Kier molecular flexibility index (Phi) is 9.18. The average molecular weight is 825 g/mol. The van der Waals surface area contributed by atoms with Crippen LogP contribution in [0.15, 0.2) is 130 Å². The maximum atomic E-state index is 6.11. The molecule has 7 aromatic rings. The lowest BCUT2D eigenvalue weighted by Crippen LogP contribution is -2.15. The highest BCUT2D eigenvalue weighted by Crippen LogP contribution is 2.46. The van der Waals surface area contributed by atoms with E-state index in [-0.39, 0.29) is 0 Å². The van der Waals surface area contributed by atoms with Crippen molar-refractivity contribution in [2.24, 2.45) is 20.4 Å². The van der Waals surface area contributed by atoms with Crippen molar-refractivity contribution in [3.8, 4) is 45.3 Å². The molecule has 0 fully saturated rings. The van der Waals surface area contributed by atoms with Crippen LogP contribution in [0, 0.1) is 0 Å². The fraction of sp³-hybridized carbons (Fsp3) is 0.0833. The molecule has 11 heteroatoms. The second kappa shape index (κ2) is 15.3. The zero-order valence-corrected chi connectivity index (χ0v) is 33.8. The Hall–Kier alpha value is -6.66. The number of hydrogen-bond donors (Lipinski definition) is 0. The first-order chi connectivity index (χ1) is 29.3. The third-order valence-corrected chi connectivity index (χ3v) is 13.4. The molecular formula is C48H32N4O4S3. The average Bonchev–Trinajstić information content (AvgIpc) is 4.11. The number of thiophene rings is 3. The normalized spacial score (nSPS) is 14.7. The summed E-state index contributed by atoms with van der Waals surface area (Å²) in [7, 11) is 0.